The van der Waals surface area contributed by atoms with Gasteiger partial charge >= 0.3 is 0 Å². The van der Waals surface area contributed by atoms with Gasteiger partial charge in [0.05, 0.1) is 23.9 Å². The Morgan fingerprint density at radius 1 is 1.33 bits per heavy atom. The summed E-state index contributed by atoms with van der Waals surface area (Å²) in [7, 11) is 1.47. The van der Waals surface area contributed by atoms with Crippen LogP contribution >= 0.6 is 0 Å². The van der Waals surface area contributed by atoms with Crippen molar-refractivity contribution in [2.45, 2.75) is 25.8 Å². The van der Waals surface area contributed by atoms with E-state index in [2.05, 4.69) is 15.3 Å². The van der Waals surface area contributed by atoms with Gasteiger partial charge in [-0.15, -0.1) is 0 Å². The highest BCUT2D eigenvalue weighted by molar-refractivity contribution is 6.00. The van der Waals surface area contributed by atoms with Gasteiger partial charge in [-0.1, -0.05) is 12.1 Å². The fourth-order valence-corrected chi connectivity index (χ4v) is 3.24. The summed E-state index contributed by atoms with van der Waals surface area (Å²) < 4.78 is 1.42. The van der Waals surface area contributed by atoms with Crippen LogP contribution in [0.25, 0.3) is 11.0 Å². The standard InChI is InChI=1S/C20H20N4O3/c1-21-19(26)15-8-14(17(25)7-12-5-6-12)10-24(20(15)27)9-13-3-2-4-16-18(13)23-11-22-16/h2-4,8,10-12H,5-7,9H2,1H3,(H,21,26)(H,22,23). The van der Waals surface area contributed by atoms with Gasteiger partial charge in [-0.3, -0.25) is 14.4 Å². The van der Waals surface area contributed by atoms with Crippen molar-refractivity contribution in [3.05, 3.63) is 63.8 Å². The van der Waals surface area contributed by atoms with Crippen LogP contribution in [-0.4, -0.2) is 33.3 Å². The Kier molecular flexibility index (Phi) is 4.35. The maximum atomic E-state index is 12.8. The Labute approximate surface area is 155 Å². The molecule has 2 N–H and O–H groups in total. The normalized spacial score (nSPS) is 13.7. The number of amides is 1. The molecule has 0 spiro atoms. The molecule has 0 bridgehead atoms. The van der Waals surface area contributed by atoms with E-state index < -0.39 is 11.5 Å². The summed E-state index contributed by atoms with van der Waals surface area (Å²) >= 11 is 0. The summed E-state index contributed by atoms with van der Waals surface area (Å²) in [6, 6.07) is 7.08. The van der Waals surface area contributed by atoms with Crippen LogP contribution in [0.3, 0.4) is 0 Å². The van der Waals surface area contributed by atoms with Crippen molar-refractivity contribution in [3.63, 3.8) is 0 Å². The van der Waals surface area contributed by atoms with Crippen LogP contribution in [-0.2, 0) is 6.54 Å². The predicted octanol–water partition coefficient (Wildman–Crippen LogP) is 2.12. The Hall–Kier alpha value is -3.22. The summed E-state index contributed by atoms with van der Waals surface area (Å²) in [6.07, 6.45) is 5.75. The lowest BCUT2D eigenvalue weighted by Crippen LogP contribution is -2.32. The predicted molar refractivity (Wildman–Crippen MR) is 101 cm³/mol. The van der Waals surface area contributed by atoms with Gasteiger partial charge in [-0.25, -0.2) is 4.98 Å². The average Bonchev–Trinajstić information content (AvgIpc) is 3.35. The molecule has 0 atom stereocenters. The molecule has 4 rings (SSSR count). The van der Waals surface area contributed by atoms with Gasteiger partial charge < -0.3 is 14.9 Å². The van der Waals surface area contributed by atoms with Gasteiger partial charge in [0, 0.05) is 25.2 Å². The molecule has 1 saturated carbocycles. The van der Waals surface area contributed by atoms with E-state index in [1.807, 2.05) is 18.2 Å². The van der Waals surface area contributed by atoms with E-state index >= 15 is 0 Å². The van der Waals surface area contributed by atoms with Crippen molar-refractivity contribution in [1.29, 1.82) is 0 Å². The summed E-state index contributed by atoms with van der Waals surface area (Å²) in [5, 5.41) is 2.48. The van der Waals surface area contributed by atoms with Crippen molar-refractivity contribution in [2.24, 2.45) is 5.92 Å². The van der Waals surface area contributed by atoms with Crippen LogP contribution in [0.15, 0.2) is 41.6 Å². The first-order chi connectivity index (χ1) is 13.1. The number of pyridine rings is 1. The molecular formula is C20H20N4O3. The average molecular weight is 364 g/mol. The van der Waals surface area contributed by atoms with E-state index in [1.54, 1.807) is 12.5 Å². The van der Waals surface area contributed by atoms with Crippen molar-refractivity contribution in [3.8, 4) is 0 Å². The number of carbonyl (C=O) groups is 2. The van der Waals surface area contributed by atoms with Crippen LogP contribution in [0, 0.1) is 5.92 Å². The molecule has 2 aromatic heterocycles. The zero-order chi connectivity index (χ0) is 19.0. The number of aromatic amines is 1. The zero-order valence-electron chi connectivity index (χ0n) is 15.0. The second kappa shape index (κ2) is 6.83. The number of hydrogen-bond donors (Lipinski definition) is 2. The monoisotopic (exact) mass is 364 g/mol. The molecule has 27 heavy (non-hydrogen) atoms. The van der Waals surface area contributed by atoms with E-state index in [9.17, 15) is 14.4 Å². The molecule has 7 nitrogen and oxygen atoms in total. The number of para-hydroxylation sites is 1. The lowest BCUT2D eigenvalue weighted by molar-refractivity contribution is 0.0961. The third-order valence-electron chi connectivity index (χ3n) is 4.92. The first kappa shape index (κ1) is 17.2. The Bertz CT molecular complexity index is 1090. The van der Waals surface area contributed by atoms with Crippen LogP contribution < -0.4 is 10.9 Å². The number of nitrogens with one attached hydrogen (secondary N) is 2. The lowest BCUT2D eigenvalue weighted by Gasteiger charge is -2.11. The molecule has 1 amide bonds. The summed E-state index contributed by atoms with van der Waals surface area (Å²) in [5.74, 6) is -0.0960. The molecular weight excluding hydrogens is 344 g/mol. The number of carbonyl (C=O) groups excluding carboxylic acids is 2. The molecule has 1 aliphatic rings. The first-order valence-corrected chi connectivity index (χ1v) is 8.97. The first-order valence-electron chi connectivity index (χ1n) is 8.97. The molecule has 1 aliphatic carbocycles. The fraction of sp³-hybridized carbons (Fsp3) is 0.300. The molecule has 0 unspecified atom stereocenters. The number of rotatable bonds is 6. The molecule has 138 valence electrons. The number of aromatic nitrogens is 3. The highest BCUT2D eigenvalue weighted by Crippen LogP contribution is 2.33. The number of benzene rings is 1. The Morgan fingerprint density at radius 2 is 2.15 bits per heavy atom. The van der Waals surface area contributed by atoms with E-state index in [-0.39, 0.29) is 17.9 Å². The topological polar surface area (TPSA) is 96.8 Å². The molecule has 0 aliphatic heterocycles. The minimum Gasteiger partial charge on any atom is -0.355 e. The van der Waals surface area contributed by atoms with Crippen LogP contribution in [0.5, 0.6) is 0 Å². The van der Waals surface area contributed by atoms with Crippen molar-refractivity contribution < 1.29 is 9.59 Å². The summed E-state index contributed by atoms with van der Waals surface area (Å²) in [4.78, 5) is 44.9. The Morgan fingerprint density at radius 3 is 2.89 bits per heavy atom. The maximum Gasteiger partial charge on any atom is 0.263 e. The van der Waals surface area contributed by atoms with E-state index in [1.165, 1.54) is 17.7 Å². The third-order valence-corrected chi connectivity index (χ3v) is 4.92. The van der Waals surface area contributed by atoms with Gasteiger partial charge in [-0.05, 0) is 36.5 Å². The summed E-state index contributed by atoms with van der Waals surface area (Å²) in [6.45, 7) is 0.232. The van der Waals surface area contributed by atoms with Gasteiger partial charge in [0.25, 0.3) is 11.5 Å². The minimum atomic E-state index is -0.493. The fourth-order valence-electron chi connectivity index (χ4n) is 3.24. The highest BCUT2D eigenvalue weighted by Gasteiger charge is 2.26. The molecule has 0 saturated heterocycles. The molecule has 3 aromatic rings. The van der Waals surface area contributed by atoms with Crippen LogP contribution in [0.4, 0.5) is 0 Å². The van der Waals surface area contributed by atoms with Crippen molar-refractivity contribution >= 4 is 22.7 Å². The smallest absolute Gasteiger partial charge is 0.263 e. The zero-order valence-corrected chi connectivity index (χ0v) is 15.0. The summed E-state index contributed by atoms with van der Waals surface area (Å²) in [5.41, 5.74) is 2.42. The molecule has 1 fully saturated rings. The largest absolute Gasteiger partial charge is 0.355 e. The second-order valence-electron chi connectivity index (χ2n) is 6.94. The van der Waals surface area contributed by atoms with Crippen molar-refractivity contribution in [2.75, 3.05) is 7.05 Å². The van der Waals surface area contributed by atoms with E-state index in [4.69, 9.17) is 0 Å². The number of H-pyrrole nitrogens is 1. The number of nitrogens with zero attached hydrogens (tertiary/aromatic N) is 2. The number of ketones is 1. The van der Waals surface area contributed by atoms with Crippen LogP contribution in [0.1, 0.15) is 45.5 Å². The Balaban J connectivity index is 1.78. The quantitative estimate of drug-likeness (QED) is 0.655. The molecule has 0 radical (unpaired) electrons. The third kappa shape index (κ3) is 3.40. The van der Waals surface area contributed by atoms with Crippen LogP contribution in [0.2, 0.25) is 0 Å². The van der Waals surface area contributed by atoms with Gasteiger partial charge in [0.2, 0.25) is 0 Å². The number of Topliss-reactive ketones (excluding diaryl/α,β-unsaturated/α-hetero) is 1. The molecule has 1 aromatic carbocycles. The van der Waals surface area contributed by atoms with E-state index in [0.717, 1.165) is 29.4 Å². The minimum absolute atomic E-state index is 0.0200. The number of fused-ring (bicyclic) bond motifs is 1. The number of imidazole rings is 1. The van der Waals surface area contributed by atoms with E-state index in [0.29, 0.717) is 17.9 Å². The highest BCUT2D eigenvalue weighted by atomic mass is 16.2. The van der Waals surface area contributed by atoms with Gasteiger partial charge in [-0.2, -0.15) is 0 Å². The SMILES string of the molecule is CNC(=O)c1cc(C(=O)CC2CC2)cn(Cc2cccc3[nH]cnc23)c1=O. The molecule has 2 heterocycles. The molecule has 7 heteroatoms. The lowest BCUT2D eigenvalue weighted by atomic mass is 10.0. The maximum absolute atomic E-state index is 12.8. The van der Waals surface area contributed by atoms with Gasteiger partial charge in [0.15, 0.2) is 5.78 Å². The number of hydrogen-bond acceptors (Lipinski definition) is 4. The second-order valence-corrected chi connectivity index (χ2v) is 6.94. The van der Waals surface area contributed by atoms with Crippen molar-refractivity contribution in [1.82, 2.24) is 19.9 Å². The van der Waals surface area contributed by atoms with Gasteiger partial charge in [0.1, 0.15) is 5.56 Å².